The average molecular weight is 371 g/mol. The van der Waals surface area contributed by atoms with Gasteiger partial charge >= 0.3 is 0 Å². The van der Waals surface area contributed by atoms with Gasteiger partial charge in [0, 0.05) is 18.8 Å². The van der Waals surface area contributed by atoms with E-state index in [0.29, 0.717) is 13.1 Å². The summed E-state index contributed by atoms with van der Waals surface area (Å²) in [7, 11) is 0. The number of aromatic nitrogens is 1. The minimum atomic E-state index is -0.294. The Morgan fingerprint density at radius 3 is 2.50 bits per heavy atom. The van der Waals surface area contributed by atoms with Crippen LogP contribution in [-0.4, -0.2) is 23.3 Å². The first-order valence-corrected chi connectivity index (χ1v) is 9.41. The van der Waals surface area contributed by atoms with E-state index in [1.54, 1.807) is 23.1 Å². The molecule has 1 aliphatic heterocycles. The summed E-state index contributed by atoms with van der Waals surface area (Å²) in [6.45, 7) is 1.07. The predicted octanol–water partition coefficient (Wildman–Crippen LogP) is 3.60. The zero-order valence-electron chi connectivity index (χ0n) is 15.5. The zero-order valence-corrected chi connectivity index (χ0v) is 15.5. The van der Waals surface area contributed by atoms with Crippen molar-refractivity contribution < 1.29 is 9.59 Å². The van der Waals surface area contributed by atoms with E-state index in [0.717, 1.165) is 24.1 Å². The molecule has 0 aliphatic carbocycles. The summed E-state index contributed by atoms with van der Waals surface area (Å²) >= 11 is 0. The fourth-order valence-electron chi connectivity index (χ4n) is 3.43. The fraction of sp³-hybridized carbons (Fsp3) is 0.174. The van der Waals surface area contributed by atoms with Gasteiger partial charge in [0.25, 0.3) is 11.8 Å². The number of para-hydroxylation sites is 1. The quantitative estimate of drug-likeness (QED) is 0.762. The Balaban J connectivity index is 1.51. The molecule has 0 atom stereocenters. The number of aryl methyl sites for hydroxylation is 1. The normalized spacial score (nSPS) is 12.9. The SMILES string of the molecule is O=C(NCc1ccccc1)c1cccc(C(=O)N2CCCc3ccccc32)n1. The van der Waals surface area contributed by atoms with Gasteiger partial charge in [0.05, 0.1) is 0 Å². The number of anilines is 1. The minimum Gasteiger partial charge on any atom is -0.347 e. The van der Waals surface area contributed by atoms with Crippen molar-refractivity contribution in [3.8, 4) is 0 Å². The van der Waals surface area contributed by atoms with Crippen LogP contribution in [0.4, 0.5) is 5.69 Å². The molecule has 1 N–H and O–H groups in total. The summed E-state index contributed by atoms with van der Waals surface area (Å²) in [5.74, 6) is -0.470. The lowest BCUT2D eigenvalue weighted by Gasteiger charge is -2.29. The predicted molar refractivity (Wildman–Crippen MR) is 108 cm³/mol. The van der Waals surface area contributed by atoms with Crippen molar-refractivity contribution in [1.29, 1.82) is 0 Å². The molecule has 0 unspecified atom stereocenters. The van der Waals surface area contributed by atoms with Crippen LogP contribution in [0.3, 0.4) is 0 Å². The molecule has 3 aromatic rings. The van der Waals surface area contributed by atoms with Gasteiger partial charge in [0.2, 0.25) is 0 Å². The van der Waals surface area contributed by atoms with Crippen LogP contribution in [0.1, 0.15) is 38.5 Å². The maximum atomic E-state index is 13.0. The van der Waals surface area contributed by atoms with E-state index in [1.165, 1.54) is 5.56 Å². The van der Waals surface area contributed by atoms with E-state index in [4.69, 9.17) is 0 Å². The monoisotopic (exact) mass is 371 g/mol. The number of hydrogen-bond donors (Lipinski definition) is 1. The summed E-state index contributed by atoms with van der Waals surface area (Å²) in [4.78, 5) is 31.6. The lowest BCUT2D eigenvalue weighted by Crippen LogP contribution is -2.36. The van der Waals surface area contributed by atoms with Crippen molar-refractivity contribution in [2.75, 3.05) is 11.4 Å². The Morgan fingerprint density at radius 1 is 0.893 bits per heavy atom. The smallest absolute Gasteiger partial charge is 0.276 e. The highest BCUT2D eigenvalue weighted by Gasteiger charge is 2.24. The van der Waals surface area contributed by atoms with Gasteiger partial charge in [-0.15, -0.1) is 0 Å². The molecule has 140 valence electrons. The van der Waals surface area contributed by atoms with Crippen molar-refractivity contribution in [2.24, 2.45) is 0 Å². The Kier molecular flexibility index (Phi) is 5.15. The first-order chi connectivity index (χ1) is 13.7. The van der Waals surface area contributed by atoms with Crippen LogP contribution in [0, 0.1) is 0 Å². The number of nitrogens with one attached hydrogen (secondary N) is 1. The van der Waals surface area contributed by atoms with E-state index in [-0.39, 0.29) is 23.2 Å². The third kappa shape index (κ3) is 3.78. The second kappa shape index (κ2) is 8.05. The van der Waals surface area contributed by atoms with E-state index in [9.17, 15) is 9.59 Å². The fourth-order valence-corrected chi connectivity index (χ4v) is 3.43. The van der Waals surface area contributed by atoms with Crippen LogP contribution < -0.4 is 10.2 Å². The highest BCUT2D eigenvalue weighted by molar-refractivity contribution is 6.06. The minimum absolute atomic E-state index is 0.176. The maximum absolute atomic E-state index is 13.0. The summed E-state index contributed by atoms with van der Waals surface area (Å²) in [5, 5.41) is 2.85. The topological polar surface area (TPSA) is 62.3 Å². The second-order valence-electron chi connectivity index (χ2n) is 6.77. The number of fused-ring (bicyclic) bond motifs is 1. The number of carbonyl (C=O) groups excluding carboxylic acids is 2. The van der Waals surface area contributed by atoms with Gasteiger partial charge < -0.3 is 10.2 Å². The molecule has 1 aliphatic rings. The Labute approximate surface area is 164 Å². The molecule has 0 saturated heterocycles. The van der Waals surface area contributed by atoms with Crippen LogP contribution in [0.25, 0.3) is 0 Å². The van der Waals surface area contributed by atoms with Crippen molar-refractivity contribution in [2.45, 2.75) is 19.4 Å². The Morgan fingerprint density at radius 2 is 1.64 bits per heavy atom. The molecule has 0 bridgehead atoms. The summed E-state index contributed by atoms with van der Waals surface area (Å²) in [5.41, 5.74) is 3.63. The van der Waals surface area contributed by atoms with Gasteiger partial charge in [0.15, 0.2) is 0 Å². The van der Waals surface area contributed by atoms with Crippen LogP contribution in [0.5, 0.6) is 0 Å². The number of benzene rings is 2. The lowest BCUT2D eigenvalue weighted by molar-refractivity contribution is 0.0945. The molecule has 4 rings (SSSR count). The molecule has 0 spiro atoms. The van der Waals surface area contributed by atoms with Gasteiger partial charge in [-0.2, -0.15) is 0 Å². The van der Waals surface area contributed by atoms with Gasteiger partial charge in [-0.25, -0.2) is 4.98 Å². The number of pyridine rings is 1. The first kappa shape index (κ1) is 17.9. The highest BCUT2D eigenvalue weighted by atomic mass is 16.2. The molecular formula is C23H21N3O2. The molecular weight excluding hydrogens is 350 g/mol. The van der Waals surface area contributed by atoms with E-state index in [2.05, 4.69) is 16.4 Å². The third-order valence-electron chi connectivity index (χ3n) is 4.85. The average Bonchev–Trinajstić information content (AvgIpc) is 2.77. The van der Waals surface area contributed by atoms with Gasteiger partial charge in [-0.3, -0.25) is 9.59 Å². The molecule has 2 heterocycles. The van der Waals surface area contributed by atoms with Crippen molar-refractivity contribution in [1.82, 2.24) is 10.3 Å². The molecule has 2 amide bonds. The van der Waals surface area contributed by atoms with Gasteiger partial charge in [0.1, 0.15) is 11.4 Å². The molecule has 5 nitrogen and oxygen atoms in total. The number of hydrogen-bond acceptors (Lipinski definition) is 3. The van der Waals surface area contributed by atoms with Gasteiger partial charge in [-0.1, -0.05) is 54.6 Å². The van der Waals surface area contributed by atoms with Crippen LogP contribution >= 0.6 is 0 Å². The van der Waals surface area contributed by atoms with Crippen LogP contribution in [0.2, 0.25) is 0 Å². The number of carbonyl (C=O) groups is 2. The largest absolute Gasteiger partial charge is 0.347 e. The Hall–Kier alpha value is -3.47. The summed E-state index contributed by atoms with van der Waals surface area (Å²) in [6.07, 6.45) is 1.88. The number of nitrogens with zero attached hydrogens (tertiary/aromatic N) is 2. The maximum Gasteiger partial charge on any atom is 0.276 e. The zero-order chi connectivity index (χ0) is 19.3. The summed E-state index contributed by atoms with van der Waals surface area (Å²) < 4.78 is 0. The highest BCUT2D eigenvalue weighted by Crippen LogP contribution is 2.27. The second-order valence-corrected chi connectivity index (χ2v) is 6.77. The molecule has 0 saturated carbocycles. The van der Waals surface area contributed by atoms with Crippen LogP contribution in [-0.2, 0) is 13.0 Å². The Bertz CT molecular complexity index is 1000. The molecule has 28 heavy (non-hydrogen) atoms. The van der Waals surface area contributed by atoms with E-state index in [1.807, 2.05) is 48.5 Å². The van der Waals surface area contributed by atoms with E-state index >= 15 is 0 Å². The molecule has 2 aromatic carbocycles. The summed E-state index contributed by atoms with van der Waals surface area (Å²) in [6, 6.07) is 22.6. The first-order valence-electron chi connectivity index (χ1n) is 9.41. The molecule has 5 heteroatoms. The standard InChI is InChI=1S/C23H21N3O2/c27-22(24-16-17-8-2-1-3-9-17)19-12-6-13-20(25-19)23(28)26-15-7-11-18-10-4-5-14-21(18)26/h1-6,8-10,12-14H,7,11,15-16H2,(H,24,27). The van der Waals surface area contributed by atoms with Gasteiger partial charge in [-0.05, 0) is 42.2 Å². The van der Waals surface area contributed by atoms with Crippen molar-refractivity contribution in [3.05, 3.63) is 95.3 Å². The molecule has 1 aromatic heterocycles. The number of amides is 2. The van der Waals surface area contributed by atoms with E-state index < -0.39 is 0 Å². The lowest BCUT2D eigenvalue weighted by atomic mass is 10.0. The van der Waals surface area contributed by atoms with Crippen molar-refractivity contribution in [3.63, 3.8) is 0 Å². The molecule has 0 fully saturated rings. The molecule has 0 radical (unpaired) electrons. The van der Waals surface area contributed by atoms with Crippen LogP contribution in [0.15, 0.2) is 72.8 Å². The van der Waals surface area contributed by atoms with Crippen molar-refractivity contribution >= 4 is 17.5 Å². The third-order valence-corrected chi connectivity index (χ3v) is 4.85. The number of rotatable bonds is 4.